The molecule has 0 radical (unpaired) electrons. The van der Waals surface area contributed by atoms with Gasteiger partial charge in [0.15, 0.2) is 5.82 Å². The number of anilines is 1. The van der Waals surface area contributed by atoms with Crippen molar-refractivity contribution in [3.05, 3.63) is 16.0 Å². The second kappa shape index (κ2) is 7.36. The highest BCUT2D eigenvalue weighted by Crippen LogP contribution is 2.33. The Hall–Kier alpha value is -0.680. The van der Waals surface area contributed by atoms with E-state index in [1.807, 2.05) is 6.92 Å². The molecular weight excluding hydrogens is 318 g/mol. The van der Waals surface area contributed by atoms with Crippen molar-refractivity contribution in [1.29, 1.82) is 0 Å². The Kier molecular flexibility index (Phi) is 6.40. The molecule has 1 N–H and O–H groups in total. The molecule has 4 nitrogen and oxygen atoms in total. The van der Waals surface area contributed by atoms with Gasteiger partial charge in [0, 0.05) is 13.2 Å². The summed E-state index contributed by atoms with van der Waals surface area (Å²) >= 11 is 3.62. The Morgan fingerprint density at radius 3 is 2.35 bits per heavy atom. The Bertz CT molecular complexity index is 451. The van der Waals surface area contributed by atoms with Crippen molar-refractivity contribution in [2.45, 2.75) is 59.5 Å². The summed E-state index contributed by atoms with van der Waals surface area (Å²) in [6.07, 6.45) is 0.839. The number of ether oxygens (including phenoxy) is 1. The summed E-state index contributed by atoms with van der Waals surface area (Å²) in [4.78, 5) is 9.43. The van der Waals surface area contributed by atoms with Gasteiger partial charge in [-0.05, 0) is 49.0 Å². The highest BCUT2D eigenvalue weighted by molar-refractivity contribution is 9.10. The summed E-state index contributed by atoms with van der Waals surface area (Å²) in [7, 11) is 0. The maximum absolute atomic E-state index is 5.90. The van der Waals surface area contributed by atoms with Crippen LogP contribution >= 0.6 is 15.9 Å². The summed E-state index contributed by atoms with van der Waals surface area (Å²) in [6.45, 7) is 14.0. The van der Waals surface area contributed by atoms with E-state index >= 15 is 0 Å². The second-order valence-electron chi connectivity index (χ2n) is 5.30. The summed E-state index contributed by atoms with van der Waals surface area (Å²) in [5, 5.41) is 3.30. The van der Waals surface area contributed by atoms with Gasteiger partial charge < -0.3 is 10.1 Å². The summed E-state index contributed by atoms with van der Waals surface area (Å²) in [6, 6.07) is 0. The van der Waals surface area contributed by atoms with E-state index in [9.17, 15) is 0 Å². The van der Waals surface area contributed by atoms with Gasteiger partial charge in [0.1, 0.15) is 11.4 Å². The zero-order valence-corrected chi connectivity index (χ0v) is 15.0. The third-order valence-electron chi connectivity index (χ3n) is 3.38. The van der Waals surface area contributed by atoms with Crippen LogP contribution in [-0.2, 0) is 10.3 Å². The molecule has 1 heterocycles. The van der Waals surface area contributed by atoms with Crippen LogP contribution in [0.2, 0.25) is 0 Å². The van der Waals surface area contributed by atoms with Gasteiger partial charge in [0.2, 0.25) is 0 Å². The van der Waals surface area contributed by atoms with Crippen LogP contribution in [0.1, 0.15) is 65.4 Å². The van der Waals surface area contributed by atoms with E-state index in [0.29, 0.717) is 12.5 Å². The maximum atomic E-state index is 5.90. The van der Waals surface area contributed by atoms with Gasteiger partial charge in [0.25, 0.3) is 0 Å². The molecule has 0 fully saturated rings. The molecule has 0 aliphatic carbocycles. The quantitative estimate of drug-likeness (QED) is 0.793. The molecular formula is C15H26BrN3O. The number of hydrogen-bond acceptors (Lipinski definition) is 4. The first kappa shape index (κ1) is 17.4. The minimum atomic E-state index is -0.441. The van der Waals surface area contributed by atoms with E-state index in [4.69, 9.17) is 9.72 Å². The van der Waals surface area contributed by atoms with Gasteiger partial charge >= 0.3 is 0 Å². The predicted octanol–water partition coefficient (Wildman–Crippen LogP) is 4.46. The smallest absolute Gasteiger partial charge is 0.162 e. The number of nitrogens with one attached hydrogen (secondary N) is 1. The second-order valence-corrected chi connectivity index (χ2v) is 6.09. The molecule has 0 spiro atoms. The summed E-state index contributed by atoms with van der Waals surface area (Å²) in [5.41, 5.74) is 0.578. The molecule has 0 aromatic carbocycles. The molecule has 0 saturated heterocycles. The Morgan fingerprint density at radius 2 is 1.90 bits per heavy atom. The van der Waals surface area contributed by atoms with Crippen molar-refractivity contribution in [3.63, 3.8) is 0 Å². The van der Waals surface area contributed by atoms with Crippen molar-refractivity contribution in [2.24, 2.45) is 0 Å². The van der Waals surface area contributed by atoms with Gasteiger partial charge in [0.05, 0.1) is 10.2 Å². The molecule has 1 unspecified atom stereocenters. The first-order chi connectivity index (χ1) is 9.39. The SMILES string of the molecule is CCNc1nc(C(C)(CC)OCC)nc(C(C)C)c1Br. The van der Waals surface area contributed by atoms with Crippen LogP contribution in [-0.4, -0.2) is 23.1 Å². The standard InChI is InChI=1S/C15H26BrN3O/c1-7-15(6,20-9-3)14-18-12(10(4)5)11(16)13(19-14)17-8-2/h10H,7-9H2,1-6H3,(H,17,18,19). The van der Waals surface area contributed by atoms with Crippen LogP contribution in [0, 0.1) is 0 Å². The van der Waals surface area contributed by atoms with Gasteiger partial charge in [-0.3, -0.25) is 0 Å². The average molecular weight is 344 g/mol. The molecule has 5 heteroatoms. The van der Waals surface area contributed by atoms with Crippen molar-refractivity contribution >= 4 is 21.7 Å². The highest BCUT2D eigenvalue weighted by atomic mass is 79.9. The van der Waals surface area contributed by atoms with Crippen molar-refractivity contribution in [1.82, 2.24) is 9.97 Å². The van der Waals surface area contributed by atoms with E-state index in [0.717, 1.165) is 34.8 Å². The number of halogens is 1. The predicted molar refractivity (Wildman–Crippen MR) is 87.3 cm³/mol. The fourth-order valence-corrected chi connectivity index (χ4v) is 2.79. The molecule has 1 aromatic heterocycles. The molecule has 114 valence electrons. The normalized spacial score (nSPS) is 14.4. The minimum Gasteiger partial charge on any atom is -0.369 e. The molecule has 0 saturated carbocycles. The van der Waals surface area contributed by atoms with E-state index in [1.54, 1.807) is 0 Å². The maximum Gasteiger partial charge on any atom is 0.162 e. The molecule has 0 bridgehead atoms. The summed E-state index contributed by atoms with van der Waals surface area (Å²) < 4.78 is 6.86. The highest BCUT2D eigenvalue weighted by Gasteiger charge is 2.30. The zero-order chi connectivity index (χ0) is 15.3. The van der Waals surface area contributed by atoms with E-state index in [1.165, 1.54) is 0 Å². The molecule has 1 aromatic rings. The van der Waals surface area contributed by atoms with E-state index in [-0.39, 0.29) is 0 Å². The van der Waals surface area contributed by atoms with Gasteiger partial charge in [-0.1, -0.05) is 20.8 Å². The number of hydrogen-bond donors (Lipinski definition) is 1. The lowest BCUT2D eigenvalue weighted by Gasteiger charge is -2.28. The molecule has 0 aliphatic heterocycles. The van der Waals surface area contributed by atoms with E-state index < -0.39 is 5.60 Å². The Balaban J connectivity index is 3.39. The number of nitrogens with zero attached hydrogens (tertiary/aromatic N) is 2. The summed E-state index contributed by atoms with van der Waals surface area (Å²) in [5.74, 6) is 1.93. The van der Waals surface area contributed by atoms with Gasteiger partial charge in [-0.15, -0.1) is 0 Å². The minimum absolute atomic E-state index is 0.325. The number of aromatic nitrogens is 2. The van der Waals surface area contributed by atoms with E-state index in [2.05, 4.69) is 60.8 Å². The topological polar surface area (TPSA) is 47.0 Å². The molecule has 0 amide bonds. The molecule has 0 aliphatic rings. The molecule has 1 rings (SSSR count). The van der Waals surface area contributed by atoms with Crippen molar-refractivity contribution in [2.75, 3.05) is 18.5 Å². The third kappa shape index (κ3) is 3.70. The van der Waals surface area contributed by atoms with Crippen LogP contribution in [0.15, 0.2) is 4.47 Å². The molecule has 20 heavy (non-hydrogen) atoms. The zero-order valence-electron chi connectivity index (χ0n) is 13.4. The monoisotopic (exact) mass is 343 g/mol. The first-order valence-corrected chi connectivity index (χ1v) is 8.14. The van der Waals surface area contributed by atoms with Crippen LogP contribution in [0.5, 0.6) is 0 Å². The third-order valence-corrected chi connectivity index (χ3v) is 4.16. The first-order valence-electron chi connectivity index (χ1n) is 7.35. The van der Waals surface area contributed by atoms with Crippen LogP contribution < -0.4 is 5.32 Å². The van der Waals surface area contributed by atoms with Crippen molar-refractivity contribution in [3.8, 4) is 0 Å². The Labute approximate surface area is 130 Å². The molecule has 1 atom stereocenters. The average Bonchev–Trinajstić information content (AvgIpc) is 2.41. The fourth-order valence-electron chi connectivity index (χ4n) is 2.01. The Morgan fingerprint density at radius 1 is 1.25 bits per heavy atom. The van der Waals surface area contributed by atoms with Crippen LogP contribution in [0.3, 0.4) is 0 Å². The van der Waals surface area contributed by atoms with Gasteiger partial charge in [-0.2, -0.15) is 0 Å². The van der Waals surface area contributed by atoms with Crippen LogP contribution in [0.4, 0.5) is 5.82 Å². The fraction of sp³-hybridized carbons (Fsp3) is 0.733. The van der Waals surface area contributed by atoms with Crippen LogP contribution in [0.25, 0.3) is 0 Å². The largest absolute Gasteiger partial charge is 0.369 e. The lowest BCUT2D eigenvalue weighted by atomic mass is 10.0. The number of rotatable bonds is 7. The van der Waals surface area contributed by atoms with Crippen molar-refractivity contribution < 1.29 is 4.74 Å². The van der Waals surface area contributed by atoms with Gasteiger partial charge in [-0.25, -0.2) is 9.97 Å². The lowest BCUT2D eigenvalue weighted by Crippen LogP contribution is -2.29. The lowest BCUT2D eigenvalue weighted by molar-refractivity contribution is -0.0391.